The first kappa shape index (κ1) is 9.45. The standard InChI is InChI=1S/C7H6ClF3O/c1-4-5(3-8)2-6(12-4)7(9,10)11/h2H,3H2,1H3. The summed E-state index contributed by atoms with van der Waals surface area (Å²) in [4.78, 5) is 0. The molecule has 1 aromatic heterocycles. The Morgan fingerprint density at radius 2 is 2.08 bits per heavy atom. The highest BCUT2D eigenvalue weighted by Gasteiger charge is 2.35. The van der Waals surface area contributed by atoms with Gasteiger partial charge in [-0.05, 0) is 13.0 Å². The van der Waals surface area contributed by atoms with Gasteiger partial charge in [-0.1, -0.05) is 0 Å². The number of rotatable bonds is 1. The van der Waals surface area contributed by atoms with Gasteiger partial charge in [-0.3, -0.25) is 0 Å². The largest absolute Gasteiger partial charge is 0.456 e. The van der Waals surface area contributed by atoms with Gasteiger partial charge in [0.15, 0.2) is 0 Å². The predicted octanol–water partition coefficient (Wildman–Crippen LogP) is 3.35. The van der Waals surface area contributed by atoms with Crippen molar-refractivity contribution in [3.05, 3.63) is 23.2 Å². The zero-order valence-corrected chi connectivity index (χ0v) is 6.96. The Labute approximate surface area is 72.1 Å². The van der Waals surface area contributed by atoms with Crippen molar-refractivity contribution < 1.29 is 17.6 Å². The molecule has 0 unspecified atom stereocenters. The molecule has 5 heteroatoms. The average Bonchev–Trinajstić information content (AvgIpc) is 2.29. The highest BCUT2D eigenvalue weighted by molar-refractivity contribution is 6.17. The van der Waals surface area contributed by atoms with Gasteiger partial charge in [0.1, 0.15) is 5.76 Å². The van der Waals surface area contributed by atoms with E-state index in [0.717, 1.165) is 6.07 Å². The summed E-state index contributed by atoms with van der Waals surface area (Å²) >= 11 is 5.37. The van der Waals surface area contributed by atoms with Crippen LogP contribution < -0.4 is 0 Å². The zero-order valence-electron chi connectivity index (χ0n) is 6.20. The number of halogens is 4. The van der Waals surface area contributed by atoms with Gasteiger partial charge in [-0.25, -0.2) is 0 Å². The van der Waals surface area contributed by atoms with Crippen LogP contribution >= 0.6 is 11.6 Å². The molecule has 0 aliphatic rings. The first-order valence-corrected chi connectivity index (χ1v) is 3.71. The number of hydrogen-bond donors (Lipinski definition) is 0. The summed E-state index contributed by atoms with van der Waals surface area (Å²) in [6, 6.07) is 0.919. The lowest BCUT2D eigenvalue weighted by molar-refractivity contribution is -0.153. The van der Waals surface area contributed by atoms with Crippen LogP contribution in [0.25, 0.3) is 0 Å². The molecule has 0 atom stereocenters. The number of hydrogen-bond acceptors (Lipinski definition) is 1. The van der Waals surface area contributed by atoms with E-state index in [4.69, 9.17) is 11.6 Å². The molecule has 0 saturated carbocycles. The van der Waals surface area contributed by atoms with Crippen LogP contribution in [-0.2, 0) is 12.1 Å². The highest BCUT2D eigenvalue weighted by Crippen LogP contribution is 2.32. The van der Waals surface area contributed by atoms with E-state index in [-0.39, 0.29) is 11.6 Å². The Bertz CT molecular complexity index is 277. The van der Waals surface area contributed by atoms with Crippen molar-refractivity contribution in [2.24, 2.45) is 0 Å². The molecule has 1 nitrogen and oxygen atoms in total. The van der Waals surface area contributed by atoms with Crippen LogP contribution in [0, 0.1) is 6.92 Å². The van der Waals surface area contributed by atoms with Gasteiger partial charge in [0.25, 0.3) is 0 Å². The topological polar surface area (TPSA) is 13.1 Å². The van der Waals surface area contributed by atoms with Crippen LogP contribution in [-0.4, -0.2) is 0 Å². The summed E-state index contributed by atoms with van der Waals surface area (Å²) in [5.74, 6) is -0.737. The highest BCUT2D eigenvalue weighted by atomic mass is 35.5. The van der Waals surface area contributed by atoms with Gasteiger partial charge >= 0.3 is 6.18 Å². The molecular weight excluding hydrogens is 193 g/mol. The quantitative estimate of drug-likeness (QED) is 0.631. The zero-order chi connectivity index (χ0) is 9.35. The summed E-state index contributed by atoms with van der Waals surface area (Å²) in [6.45, 7) is 1.45. The van der Waals surface area contributed by atoms with Crippen LogP contribution in [0.5, 0.6) is 0 Å². The van der Waals surface area contributed by atoms with E-state index in [2.05, 4.69) is 4.42 Å². The molecular formula is C7H6ClF3O. The fraction of sp³-hybridized carbons (Fsp3) is 0.429. The monoisotopic (exact) mass is 198 g/mol. The normalized spacial score (nSPS) is 12.1. The minimum atomic E-state index is -4.42. The number of aryl methyl sites for hydroxylation is 1. The molecule has 0 spiro atoms. The lowest BCUT2D eigenvalue weighted by atomic mass is 10.3. The Hall–Kier alpha value is -0.640. The summed E-state index contributed by atoms with van der Waals surface area (Å²) in [5.41, 5.74) is 0.379. The second-order valence-electron chi connectivity index (χ2n) is 2.32. The van der Waals surface area contributed by atoms with E-state index in [1.54, 1.807) is 0 Å². The van der Waals surface area contributed by atoms with Crippen LogP contribution in [0.3, 0.4) is 0 Å². The molecule has 1 heterocycles. The first-order valence-electron chi connectivity index (χ1n) is 3.17. The molecule has 0 N–H and O–H groups in total. The molecule has 0 radical (unpaired) electrons. The average molecular weight is 199 g/mol. The van der Waals surface area contributed by atoms with Gasteiger partial charge in [-0.15, -0.1) is 11.6 Å². The van der Waals surface area contributed by atoms with E-state index in [9.17, 15) is 13.2 Å². The van der Waals surface area contributed by atoms with Crippen LogP contribution in [0.4, 0.5) is 13.2 Å². The molecule has 0 amide bonds. The summed E-state index contributed by atoms with van der Waals surface area (Å²) in [7, 11) is 0. The van der Waals surface area contributed by atoms with Crippen molar-refractivity contribution in [3.63, 3.8) is 0 Å². The van der Waals surface area contributed by atoms with E-state index < -0.39 is 11.9 Å². The number of furan rings is 1. The molecule has 0 bridgehead atoms. The van der Waals surface area contributed by atoms with Gasteiger partial charge in [-0.2, -0.15) is 13.2 Å². The van der Waals surface area contributed by atoms with Crippen molar-refractivity contribution in [1.82, 2.24) is 0 Å². The molecule has 1 aromatic rings. The first-order chi connectivity index (χ1) is 5.45. The molecule has 0 fully saturated rings. The van der Waals surface area contributed by atoms with Crippen molar-refractivity contribution in [2.75, 3.05) is 0 Å². The maximum Gasteiger partial charge on any atom is 0.449 e. The van der Waals surface area contributed by atoms with Crippen molar-refractivity contribution in [3.8, 4) is 0 Å². The lowest BCUT2D eigenvalue weighted by Gasteiger charge is -1.99. The van der Waals surface area contributed by atoms with Gasteiger partial charge in [0, 0.05) is 5.56 Å². The molecule has 0 aliphatic heterocycles. The van der Waals surface area contributed by atoms with E-state index in [0.29, 0.717) is 5.56 Å². The molecule has 0 aromatic carbocycles. The second kappa shape index (κ2) is 3.01. The third kappa shape index (κ3) is 1.75. The predicted molar refractivity (Wildman–Crippen MR) is 38.0 cm³/mol. The molecule has 0 aliphatic carbocycles. The maximum absolute atomic E-state index is 12.0. The Morgan fingerprint density at radius 3 is 2.33 bits per heavy atom. The van der Waals surface area contributed by atoms with Crippen LogP contribution in [0.15, 0.2) is 10.5 Å². The van der Waals surface area contributed by atoms with E-state index >= 15 is 0 Å². The van der Waals surface area contributed by atoms with E-state index in [1.807, 2.05) is 0 Å². The lowest BCUT2D eigenvalue weighted by Crippen LogP contribution is -2.02. The van der Waals surface area contributed by atoms with Gasteiger partial charge in [0.05, 0.1) is 5.88 Å². The van der Waals surface area contributed by atoms with Crippen molar-refractivity contribution in [2.45, 2.75) is 19.0 Å². The van der Waals surface area contributed by atoms with Crippen molar-refractivity contribution in [1.29, 1.82) is 0 Å². The fourth-order valence-electron chi connectivity index (χ4n) is 0.792. The van der Waals surface area contributed by atoms with Gasteiger partial charge < -0.3 is 4.42 Å². The third-order valence-electron chi connectivity index (χ3n) is 1.44. The second-order valence-corrected chi connectivity index (χ2v) is 2.59. The third-order valence-corrected chi connectivity index (χ3v) is 1.73. The SMILES string of the molecule is Cc1oc(C(F)(F)F)cc1CCl. The molecule has 12 heavy (non-hydrogen) atoms. The minimum Gasteiger partial charge on any atom is -0.456 e. The maximum atomic E-state index is 12.0. The van der Waals surface area contributed by atoms with Crippen molar-refractivity contribution >= 4 is 11.6 Å². The summed E-state index contributed by atoms with van der Waals surface area (Å²) in [5, 5.41) is 0. The van der Waals surface area contributed by atoms with Gasteiger partial charge in [0.2, 0.25) is 5.76 Å². The van der Waals surface area contributed by atoms with E-state index in [1.165, 1.54) is 6.92 Å². The fourth-order valence-corrected chi connectivity index (χ4v) is 1.06. The molecule has 0 saturated heterocycles. The smallest absolute Gasteiger partial charge is 0.449 e. The Kier molecular flexibility index (Phi) is 2.37. The molecule has 1 rings (SSSR count). The molecule has 68 valence electrons. The van der Waals surface area contributed by atoms with Crippen LogP contribution in [0.1, 0.15) is 17.1 Å². The Morgan fingerprint density at radius 1 is 1.50 bits per heavy atom. The Balaban J connectivity index is 3.05. The number of alkyl halides is 4. The summed E-state index contributed by atoms with van der Waals surface area (Å²) < 4.78 is 40.4. The minimum absolute atomic E-state index is 0.0331. The summed E-state index contributed by atoms with van der Waals surface area (Å²) in [6.07, 6.45) is -4.42. The van der Waals surface area contributed by atoms with Crippen LogP contribution in [0.2, 0.25) is 0 Å².